The number of esters is 1. The van der Waals surface area contributed by atoms with Crippen LogP contribution in [0.25, 0.3) is 0 Å². The number of ether oxygens (including phenoxy) is 1. The van der Waals surface area contributed by atoms with E-state index in [0.29, 0.717) is 13.0 Å². The highest BCUT2D eigenvalue weighted by Gasteiger charge is 2.41. The minimum Gasteiger partial charge on any atom is -0.463 e. The van der Waals surface area contributed by atoms with Crippen LogP contribution in [0.15, 0.2) is 18.2 Å². The molecule has 1 aliphatic heterocycles. The second-order valence-corrected chi connectivity index (χ2v) is 5.76. The molecule has 0 bridgehead atoms. The van der Waals surface area contributed by atoms with Crippen LogP contribution in [0.2, 0.25) is 0 Å². The third-order valence-electron chi connectivity index (χ3n) is 4.05. The number of cyclic esters (lactones) is 1. The molecule has 0 spiro atoms. The summed E-state index contributed by atoms with van der Waals surface area (Å²) >= 11 is 0. The summed E-state index contributed by atoms with van der Waals surface area (Å²) in [5, 5.41) is 0. The van der Waals surface area contributed by atoms with Crippen molar-refractivity contribution < 1.29 is 14.3 Å². The Morgan fingerprint density at radius 1 is 1.25 bits per heavy atom. The molecule has 2 fully saturated rings. The second-order valence-electron chi connectivity index (χ2n) is 5.76. The molecule has 4 heteroatoms. The fourth-order valence-electron chi connectivity index (χ4n) is 2.85. The molecule has 106 valence electrons. The van der Waals surface area contributed by atoms with Crippen molar-refractivity contribution in [3.63, 3.8) is 0 Å². The monoisotopic (exact) mass is 273 g/mol. The number of amides is 1. The van der Waals surface area contributed by atoms with Gasteiger partial charge in [0.05, 0.1) is 12.5 Å². The van der Waals surface area contributed by atoms with Gasteiger partial charge in [-0.05, 0) is 37.8 Å². The molecule has 2 aliphatic rings. The summed E-state index contributed by atoms with van der Waals surface area (Å²) < 4.78 is 5.07. The maximum Gasteiger partial charge on any atom is 0.308 e. The van der Waals surface area contributed by atoms with Gasteiger partial charge in [0.1, 0.15) is 6.61 Å². The van der Waals surface area contributed by atoms with Gasteiger partial charge in [0.25, 0.3) is 0 Å². The van der Waals surface area contributed by atoms with Gasteiger partial charge in [-0.1, -0.05) is 18.2 Å². The predicted molar refractivity (Wildman–Crippen MR) is 75.5 cm³/mol. The normalized spacial score (nSPS) is 21.7. The van der Waals surface area contributed by atoms with E-state index < -0.39 is 0 Å². The molecule has 1 saturated heterocycles. The summed E-state index contributed by atoms with van der Waals surface area (Å²) in [6.45, 7) is 4.32. The lowest BCUT2D eigenvalue weighted by Crippen LogP contribution is -2.42. The van der Waals surface area contributed by atoms with Crippen LogP contribution in [-0.4, -0.2) is 24.5 Å². The van der Waals surface area contributed by atoms with E-state index >= 15 is 0 Å². The van der Waals surface area contributed by atoms with Crippen LogP contribution in [0.5, 0.6) is 0 Å². The highest BCUT2D eigenvalue weighted by atomic mass is 16.5. The molecule has 1 atom stereocenters. The van der Waals surface area contributed by atoms with Gasteiger partial charge in [0.15, 0.2) is 0 Å². The molecule has 1 aromatic carbocycles. The smallest absolute Gasteiger partial charge is 0.308 e. The quantitative estimate of drug-likeness (QED) is 0.794. The molecule has 1 heterocycles. The number of carbonyl (C=O) groups excluding carboxylic acids is 2. The molecule has 0 aromatic heterocycles. The van der Waals surface area contributed by atoms with Gasteiger partial charge in [-0.2, -0.15) is 0 Å². The van der Waals surface area contributed by atoms with Gasteiger partial charge >= 0.3 is 5.97 Å². The van der Waals surface area contributed by atoms with E-state index in [-0.39, 0.29) is 23.8 Å². The largest absolute Gasteiger partial charge is 0.463 e. The van der Waals surface area contributed by atoms with E-state index in [4.69, 9.17) is 4.74 Å². The maximum absolute atomic E-state index is 12.7. The Hall–Kier alpha value is -1.84. The minimum atomic E-state index is -0.213. The molecular formula is C16H19NO3. The van der Waals surface area contributed by atoms with Gasteiger partial charge in [-0.3, -0.25) is 9.59 Å². The first kappa shape index (κ1) is 13.2. The van der Waals surface area contributed by atoms with Crippen LogP contribution in [0.1, 0.15) is 30.4 Å². The number of hydrogen-bond donors (Lipinski definition) is 0. The molecule has 1 saturated carbocycles. The highest BCUT2D eigenvalue weighted by Crippen LogP contribution is 2.37. The zero-order valence-corrected chi connectivity index (χ0v) is 11.9. The van der Waals surface area contributed by atoms with Crippen LogP contribution in [0, 0.1) is 19.8 Å². The average Bonchev–Trinajstić information content (AvgIpc) is 3.17. The zero-order valence-electron chi connectivity index (χ0n) is 11.9. The lowest BCUT2D eigenvalue weighted by atomic mass is 10.0. The van der Waals surface area contributed by atoms with Crippen molar-refractivity contribution >= 4 is 17.6 Å². The number of para-hydroxylation sites is 1. The van der Waals surface area contributed by atoms with Crippen molar-refractivity contribution in [1.29, 1.82) is 0 Å². The highest BCUT2D eigenvalue weighted by molar-refractivity contribution is 5.99. The number of anilines is 1. The molecule has 1 aromatic rings. The Bertz CT molecular complexity index is 543. The molecule has 1 aliphatic carbocycles. The number of nitrogens with zero attached hydrogens (tertiary/aromatic N) is 1. The Balaban J connectivity index is 2.00. The topological polar surface area (TPSA) is 46.6 Å². The van der Waals surface area contributed by atoms with E-state index in [1.54, 1.807) is 0 Å². The lowest BCUT2D eigenvalue weighted by Gasteiger charge is -2.30. The maximum atomic E-state index is 12.7. The zero-order chi connectivity index (χ0) is 14.3. The van der Waals surface area contributed by atoms with Crippen molar-refractivity contribution in [1.82, 2.24) is 0 Å². The van der Waals surface area contributed by atoms with Gasteiger partial charge in [-0.15, -0.1) is 0 Å². The number of hydrogen-bond acceptors (Lipinski definition) is 3. The van der Waals surface area contributed by atoms with Crippen LogP contribution in [-0.2, 0) is 14.3 Å². The second kappa shape index (κ2) is 4.93. The van der Waals surface area contributed by atoms with Crippen molar-refractivity contribution in [2.75, 3.05) is 11.5 Å². The van der Waals surface area contributed by atoms with Crippen LogP contribution < -0.4 is 4.90 Å². The molecule has 0 N–H and O–H groups in total. The summed E-state index contributed by atoms with van der Waals surface area (Å²) in [5.41, 5.74) is 3.09. The molecule has 1 unspecified atom stereocenters. The fraction of sp³-hybridized carbons (Fsp3) is 0.500. The van der Waals surface area contributed by atoms with Crippen LogP contribution in [0.4, 0.5) is 5.69 Å². The number of carbonyl (C=O) groups is 2. The third-order valence-corrected chi connectivity index (χ3v) is 4.05. The number of aryl methyl sites for hydroxylation is 2. The van der Waals surface area contributed by atoms with Gasteiger partial charge in [-0.25, -0.2) is 0 Å². The van der Waals surface area contributed by atoms with Crippen molar-refractivity contribution in [2.24, 2.45) is 5.92 Å². The van der Waals surface area contributed by atoms with E-state index in [1.807, 2.05) is 36.9 Å². The first-order valence-electron chi connectivity index (χ1n) is 7.13. The Kier molecular flexibility index (Phi) is 3.24. The molecule has 20 heavy (non-hydrogen) atoms. The Morgan fingerprint density at radius 3 is 2.40 bits per heavy atom. The van der Waals surface area contributed by atoms with Crippen molar-refractivity contribution in [3.05, 3.63) is 29.3 Å². The summed E-state index contributed by atoms with van der Waals surface area (Å²) in [6, 6.07) is 5.85. The fourth-order valence-corrected chi connectivity index (χ4v) is 2.85. The lowest BCUT2D eigenvalue weighted by molar-refractivity contribution is -0.138. The molecule has 4 nitrogen and oxygen atoms in total. The van der Waals surface area contributed by atoms with Gasteiger partial charge < -0.3 is 9.64 Å². The van der Waals surface area contributed by atoms with Gasteiger partial charge in [0, 0.05) is 11.6 Å². The predicted octanol–water partition coefficient (Wildman–Crippen LogP) is 2.36. The SMILES string of the molecule is Cc1cccc(C)c1N(C(=O)C1CC1)C1COC(=O)C1. The number of rotatable bonds is 3. The summed E-state index contributed by atoms with van der Waals surface area (Å²) in [4.78, 5) is 25.9. The summed E-state index contributed by atoms with van der Waals surface area (Å²) in [6.07, 6.45) is 2.22. The Morgan fingerprint density at radius 2 is 1.90 bits per heavy atom. The van der Waals surface area contributed by atoms with E-state index in [0.717, 1.165) is 29.7 Å². The first-order chi connectivity index (χ1) is 9.58. The van der Waals surface area contributed by atoms with E-state index in [9.17, 15) is 9.59 Å². The third kappa shape index (κ3) is 2.30. The van der Waals surface area contributed by atoms with Crippen molar-refractivity contribution in [3.8, 4) is 0 Å². The van der Waals surface area contributed by atoms with Crippen LogP contribution in [0.3, 0.4) is 0 Å². The van der Waals surface area contributed by atoms with E-state index in [1.165, 1.54) is 0 Å². The molecular weight excluding hydrogens is 254 g/mol. The molecule has 3 rings (SSSR count). The van der Waals surface area contributed by atoms with Crippen molar-refractivity contribution in [2.45, 2.75) is 39.2 Å². The Labute approximate surface area is 118 Å². The van der Waals surface area contributed by atoms with E-state index in [2.05, 4.69) is 0 Å². The molecule has 0 radical (unpaired) electrons. The molecule has 1 amide bonds. The first-order valence-corrected chi connectivity index (χ1v) is 7.13. The average molecular weight is 273 g/mol. The summed E-state index contributed by atoms with van der Waals surface area (Å²) in [7, 11) is 0. The summed E-state index contributed by atoms with van der Waals surface area (Å²) in [5.74, 6) is 0.0604. The van der Waals surface area contributed by atoms with Gasteiger partial charge in [0.2, 0.25) is 5.91 Å². The number of benzene rings is 1. The minimum absolute atomic E-state index is 0.129. The van der Waals surface area contributed by atoms with Crippen LogP contribution >= 0.6 is 0 Å². The standard InChI is InChI=1S/C16H19NO3/c1-10-4-3-5-11(2)15(10)17(16(19)12-6-7-12)13-8-14(18)20-9-13/h3-5,12-13H,6-9H2,1-2H3.